The van der Waals surface area contributed by atoms with Crippen LogP contribution in [0.4, 0.5) is 14.5 Å². The summed E-state index contributed by atoms with van der Waals surface area (Å²) < 4.78 is 26.7. The Morgan fingerprint density at radius 1 is 1.08 bits per heavy atom. The normalized spacial score (nSPS) is 11.0. The van der Waals surface area contributed by atoms with Crippen molar-refractivity contribution in [2.24, 2.45) is 0 Å². The number of aromatic hydroxyl groups is 1. The number of phenolic OH excluding ortho intramolecular Hbond substituents is 1. The molecule has 0 atom stereocenters. The van der Waals surface area contributed by atoms with Crippen molar-refractivity contribution in [2.75, 3.05) is 4.90 Å². The van der Waals surface area contributed by atoms with Gasteiger partial charge in [0.15, 0.2) is 11.6 Å². The van der Waals surface area contributed by atoms with Gasteiger partial charge in [-0.1, -0.05) is 19.2 Å². The Bertz CT molecular complexity index is 811. The Balaban J connectivity index is 2.56. The van der Waals surface area contributed by atoms with Gasteiger partial charge in [0.2, 0.25) is 0 Å². The fourth-order valence-corrected chi connectivity index (χ4v) is 2.10. The lowest BCUT2D eigenvalue weighted by Crippen LogP contribution is -2.29. The van der Waals surface area contributed by atoms with Crippen LogP contribution in [0.5, 0.6) is 5.75 Å². The summed E-state index contributed by atoms with van der Waals surface area (Å²) in [6.07, 6.45) is 4.45. The standard InChI is InChI=1S/C19H15F2NO2/c1-3-5-15(4-2)22(16-9-7-14(20)8-10-16)19(24)13-6-11-18(23)17(21)12-13/h3-12,23H,1-2H2. The third-order valence-electron chi connectivity index (χ3n) is 3.24. The first-order valence-corrected chi connectivity index (χ1v) is 7.01. The minimum absolute atomic E-state index is 0.0198. The van der Waals surface area contributed by atoms with Gasteiger partial charge >= 0.3 is 0 Å². The number of allylic oxidation sites excluding steroid dienone is 3. The van der Waals surface area contributed by atoms with Crippen molar-refractivity contribution in [3.05, 3.63) is 96.7 Å². The maximum atomic E-state index is 13.6. The Morgan fingerprint density at radius 2 is 1.75 bits per heavy atom. The van der Waals surface area contributed by atoms with Gasteiger partial charge in [-0.15, -0.1) is 0 Å². The van der Waals surface area contributed by atoms with E-state index in [1.54, 1.807) is 6.08 Å². The van der Waals surface area contributed by atoms with Crippen LogP contribution >= 0.6 is 0 Å². The van der Waals surface area contributed by atoms with Crippen LogP contribution in [0, 0.1) is 11.6 Å². The molecule has 0 aliphatic heterocycles. The molecule has 0 saturated heterocycles. The van der Waals surface area contributed by atoms with Crippen LogP contribution in [0.25, 0.3) is 0 Å². The Kier molecular flexibility index (Phi) is 5.27. The minimum atomic E-state index is -0.909. The average Bonchev–Trinajstić information content (AvgIpc) is 2.58. The van der Waals surface area contributed by atoms with Crippen LogP contribution < -0.4 is 4.90 Å². The number of rotatable bonds is 5. The van der Waals surface area contributed by atoms with Gasteiger partial charge in [0.1, 0.15) is 5.82 Å². The quantitative estimate of drug-likeness (QED) is 0.817. The molecular weight excluding hydrogens is 312 g/mol. The van der Waals surface area contributed by atoms with E-state index in [1.807, 2.05) is 0 Å². The van der Waals surface area contributed by atoms with E-state index in [1.165, 1.54) is 47.4 Å². The molecule has 24 heavy (non-hydrogen) atoms. The molecule has 122 valence electrons. The molecule has 0 aliphatic carbocycles. The number of hydrogen-bond donors (Lipinski definition) is 1. The zero-order valence-electron chi connectivity index (χ0n) is 12.7. The monoisotopic (exact) mass is 327 g/mol. The van der Waals surface area contributed by atoms with E-state index in [0.29, 0.717) is 11.4 Å². The largest absolute Gasteiger partial charge is 0.505 e. The third-order valence-corrected chi connectivity index (χ3v) is 3.24. The van der Waals surface area contributed by atoms with Crippen molar-refractivity contribution in [1.29, 1.82) is 0 Å². The average molecular weight is 327 g/mol. The van der Waals surface area contributed by atoms with Gasteiger partial charge < -0.3 is 5.11 Å². The van der Waals surface area contributed by atoms with E-state index in [2.05, 4.69) is 13.2 Å². The number of amides is 1. The van der Waals surface area contributed by atoms with Crippen LogP contribution in [0.1, 0.15) is 10.4 Å². The van der Waals surface area contributed by atoms with Crippen LogP contribution in [-0.4, -0.2) is 11.0 Å². The van der Waals surface area contributed by atoms with E-state index in [4.69, 9.17) is 0 Å². The van der Waals surface area contributed by atoms with Gasteiger partial charge in [-0.2, -0.15) is 0 Å². The highest BCUT2D eigenvalue weighted by molar-refractivity contribution is 6.08. The number of phenols is 1. The Morgan fingerprint density at radius 3 is 2.29 bits per heavy atom. The molecule has 0 fully saturated rings. The zero-order valence-corrected chi connectivity index (χ0v) is 12.7. The molecule has 0 bridgehead atoms. The summed E-state index contributed by atoms with van der Waals surface area (Å²) in [4.78, 5) is 14.1. The second-order valence-electron chi connectivity index (χ2n) is 4.81. The molecule has 0 saturated carbocycles. The number of carbonyl (C=O) groups excluding carboxylic acids is 1. The minimum Gasteiger partial charge on any atom is -0.505 e. The molecule has 2 aromatic carbocycles. The maximum absolute atomic E-state index is 13.6. The van der Waals surface area contributed by atoms with Gasteiger partial charge in [-0.25, -0.2) is 8.78 Å². The van der Waals surface area contributed by atoms with Crippen LogP contribution in [0.2, 0.25) is 0 Å². The van der Waals surface area contributed by atoms with Crippen molar-refractivity contribution < 1.29 is 18.7 Å². The lowest BCUT2D eigenvalue weighted by molar-refractivity contribution is 0.0995. The topological polar surface area (TPSA) is 40.5 Å². The number of benzene rings is 2. The number of halogens is 2. The Hall–Kier alpha value is -3.21. The molecule has 0 radical (unpaired) electrons. The van der Waals surface area contributed by atoms with E-state index >= 15 is 0 Å². The molecule has 0 heterocycles. The van der Waals surface area contributed by atoms with Gasteiger partial charge in [-0.3, -0.25) is 9.69 Å². The van der Waals surface area contributed by atoms with Crippen LogP contribution in [-0.2, 0) is 0 Å². The summed E-state index contributed by atoms with van der Waals surface area (Å²) >= 11 is 0. The second-order valence-corrected chi connectivity index (χ2v) is 4.81. The maximum Gasteiger partial charge on any atom is 0.262 e. The molecule has 0 aromatic heterocycles. The van der Waals surface area contributed by atoms with E-state index in [-0.39, 0.29) is 5.56 Å². The van der Waals surface area contributed by atoms with Gasteiger partial charge in [0, 0.05) is 16.9 Å². The third kappa shape index (κ3) is 3.57. The van der Waals surface area contributed by atoms with Gasteiger partial charge in [-0.05, 0) is 54.6 Å². The van der Waals surface area contributed by atoms with E-state index < -0.39 is 23.3 Å². The number of nitrogens with zero attached hydrogens (tertiary/aromatic N) is 1. The van der Waals surface area contributed by atoms with Crippen molar-refractivity contribution in [2.45, 2.75) is 0 Å². The van der Waals surface area contributed by atoms with Gasteiger partial charge in [0.25, 0.3) is 5.91 Å². The van der Waals surface area contributed by atoms with Crippen molar-refractivity contribution in [3.63, 3.8) is 0 Å². The summed E-state index contributed by atoms with van der Waals surface area (Å²) in [5.41, 5.74) is 0.782. The fraction of sp³-hybridized carbons (Fsp3) is 0. The first kappa shape index (κ1) is 17.1. The predicted molar refractivity (Wildman–Crippen MR) is 89.8 cm³/mol. The molecule has 2 rings (SSSR count). The van der Waals surface area contributed by atoms with Crippen LogP contribution in [0.15, 0.2) is 79.5 Å². The van der Waals surface area contributed by atoms with E-state index in [9.17, 15) is 18.7 Å². The highest BCUT2D eigenvalue weighted by Gasteiger charge is 2.21. The predicted octanol–water partition coefficient (Wildman–Crippen LogP) is 4.57. The van der Waals surface area contributed by atoms with Crippen LogP contribution in [0.3, 0.4) is 0 Å². The fourth-order valence-electron chi connectivity index (χ4n) is 2.10. The molecule has 1 amide bonds. The lowest BCUT2D eigenvalue weighted by Gasteiger charge is -2.24. The molecule has 0 spiro atoms. The van der Waals surface area contributed by atoms with E-state index in [0.717, 1.165) is 12.1 Å². The molecule has 3 nitrogen and oxygen atoms in total. The summed E-state index contributed by atoms with van der Waals surface area (Å²) in [5, 5.41) is 9.27. The molecule has 0 aliphatic rings. The molecular formula is C19H15F2NO2. The lowest BCUT2D eigenvalue weighted by atomic mass is 10.1. The molecule has 1 N–H and O–H groups in total. The molecule has 2 aromatic rings. The summed E-state index contributed by atoms with van der Waals surface area (Å²) in [6.45, 7) is 7.23. The highest BCUT2D eigenvalue weighted by atomic mass is 19.1. The first-order chi connectivity index (χ1) is 11.5. The van der Waals surface area contributed by atoms with Crippen molar-refractivity contribution in [1.82, 2.24) is 0 Å². The second kappa shape index (κ2) is 7.37. The SMILES string of the molecule is C=CC=C(C=C)N(C(=O)c1ccc(O)c(F)c1)c1ccc(F)cc1. The summed E-state index contributed by atoms with van der Waals surface area (Å²) in [5.74, 6) is -2.47. The number of carbonyl (C=O) groups is 1. The number of hydrogen-bond acceptors (Lipinski definition) is 2. The highest BCUT2D eigenvalue weighted by Crippen LogP contribution is 2.25. The first-order valence-electron chi connectivity index (χ1n) is 7.01. The molecule has 0 unspecified atom stereocenters. The Labute approximate surface area is 138 Å². The zero-order chi connectivity index (χ0) is 17.7. The summed E-state index contributed by atoms with van der Waals surface area (Å²) in [7, 11) is 0. The number of anilines is 1. The van der Waals surface area contributed by atoms with Crippen molar-refractivity contribution in [3.8, 4) is 5.75 Å². The van der Waals surface area contributed by atoms with Gasteiger partial charge in [0.05, 0.1) is 0 Å². The summed E-state index contributed by atoms with van der Waals surface area (Å²) in [6, 6.07) is 8.59. The smallest absolute Gasteiger partial charge is 0.262 e. The molecule has 5 heteroatoms. The van der Waals surface area contributed by atoms with Crippen molar-refractivity contribution >= 4 is 11.6 Å².